The van der Waals surface area contributed by atoms with Crippen LogP contribution in [0.15, 0.2) is 41.3 Å². The van der Waals surface area contributed by atoms with Crippen LogP contribution in [-0.4, -0.2) is 22.8 Å². The summed E-state index contributed by atoms with van der Waals surface area (Å²) in [4.78, 5) is 26.4. The van der Waals surface area contributed by atoms with Crippen LogP contribution in [0.3, 0.4) is 0 Å². The van der Waals surface area contributed by atoms with Crippen molar-refractivity contribution in [3.8, 4) is 11.5 Å². The third-order valence-electron chi connectivity index (χ3n) is 3.89. The van der Waals surface area contributed by atoms with Crippen molar-refractivity contribution in [1.82, 2.24) is 4.90 Å². The Morgan fingerprint density at radius 1 is 1.12 bits per heavy atom. The van der Waals surface area contributed by atoms with E-state index in [1.807, 2.05) is 6.07 Å². The van der Waals surface area contributed by atoms with Crippen molar-refractivity contribution in [2.45, 2.75) is 6.54 Å². The monoisotopic (exact) mass is 407 g/mol. The number of benzene rings is 2. The Hall–Kier alpha value is -2.15. The SMILES string of the molecule is O=C1S/C(=C\c2cccc(Cl)c2)C(=O)N1Cc1cc2c(cc1Cl)OCO2. The van der Waals surface area contributed by atoms with Crippen molar-refractivity contribution in [1.29, 1.82) is 0 Å². The van der Waals surface area contributed by atoms with E-state index >= 15 is 0 Å². The number of nitrogens with zero attached hydrogens (tertiary/aromatic N) is 1. The summed E-state index contributed by atoms with van der Waals surface area (Å²) in [5, 5.41) is 0.620. The molecule has 0 aromatic heterocycles. The van der Waals surface area contributed by atoms with E-state index < -0.39 is 0 Å². The molecule has 0 aliphatic carbocycles. The number of carbonyl (C=O) groups excluding carboxylic acids is 2. The zero-order valence-electron chi connectivity index (χ0n) is 13.2. The van der Waals surface area contributed by atoms with Crippen LogP contribution in [0.5, 0.6) is 11.5 Å². The predicted molar refractivity (Wildman–Crippen MR) is 101 cm³/mol. The van der Waals surface area contributed by atoms with Crippen LogP contribution in [0.25, 0.3) is 6.08 Å². The maximum Gasteiger partial charge on any atom is 0.293 e. The van der Waals surface area contributed by atoms with Crippen molar-refractivity contribution in [3.05, 3.63) is 62.5 Å². The van der Waals surface area contributed by atoms with Crippen molar-refractivity contribution in [3.63, 3.8) is 0 Å². The van der Waals surface area contributed by atoms with Crippen LogP contribution in [0.1, 0.15) is 11.1 Å². The summed E-state index contributed by atoms with van der Waals surface area (Å²) in [6.45, 7) is 0.187. The number of hydrogen-bond acceptors (Lipinski definition) is 5. The van der Waals surface area contributed by atoms with E-state index in [1.54, 1.807) is 36.4 Å². The molecular formula is C18H11Cl2NO4S. The highest BCUT2D eigenvalue weighted by molar-refractivity contribution is 8.18. The number of halogens is 2. The van der Waals surface area contributed by atoms with Crippen LogP contribution in [0.4, 0.5) is 4.79 Å². The van der Waals surface area contributed by atoms with Gasteiger partial charge < -0.3 is 9.47 Å². The Balaban J connectivity index is 1.59. The molecule has 2 heterocycles. The van der Waals surface area contributed by atoms with Crippen LogP contribution < -0.4 is 9.47 Å². The van der Waals surface area contributed by atoms with Gasteiger partial charge in [-0.25, -0.2) is 0 Å². The normalized spacial score (nSPS) is 17.5. The van der Waals surface area contributed by atoms with Crippen molar-refractivity contribution in [2.24, 2.45) is 0 Å². The largest absolute Gasteiger partial charge is 0.454 e. The van der Waals surface area contributed by atoms with Gasteiger partial charge in [0, 0.05) is 16.1 Å². The molecule has 0 saturated carbocycles. The first kappa shape index (κ1) is 17.3. The summed E-state index contributed by atoms with van der Waals surface area (Å²) >= 11 is 13.1. The molecule has 0 N–H and O–H groups in total. The molecule has 2 aromatic carbocycles. The first-order chi connectivity index (χ1) is 12.5. The van der Waals surface area contributed by atoms with Gasteiger partial charge in [-0.05, 0) is 47.2 Å². The molecule has 132 valence electrons. The van der Waals surface area contributed by atoms with Gasteiger partial charge in [0.15, 0.2) is 11.5 Å². The second kappa shape index (κ2) is 6.87. The molecule has 0 spiro atoms. The van der Waals surface area contributed by atoms with Crippen molar-refractivity contribution < 1.29 is 19.1 Å². The third kappa shape index (κ3) is 3.28. The minimum Gasteiger partial charge on any atom is -0.454 e. The first-order valence-corrected chi connectivity index (χ1v) is 9.17. The lowest BCUT2D eigenvalue weighted by atomic mass is 10.1. The molecule has 2 aliphatic rings. The second-order valence-corrected chi connectivity index (χ2v) is 7.46. The lowest BCUT2D eigenvalue weighted by Gasteiger charge is -2.14. The molecule has 0 radical (unpaired) electrons. The minimum absolute atomic E-state index is 0.0625. The predicted octanol–water partition coefficient (Wildman–Crippen LogP) is 4.96. The molecule has 5 nitrogen and oxygen atoms in total. The highest BCUT2D eigenvalue weighted by atomic mass is 35.5. The summed E-state index contributed by atoms with van der Waals surface area (Å²) in [7, 11) is 0. The first-order valence-electron chi connectivity index (χ1n) is 7.60. The van der Waals surface area contributed by atoms with E-state index in [4.69, 9.17) is 32.7 Å². The molecular weight excluding hydrogens is 397 g/mol. The average molecular weight is 408 g/mol. The van der Waals surface area contributed by atoms with E-state index in [0.717, 1.165) is 22.2 Å². The fourth-order valence-electron chi connectivity index (χ4n) is 2.63. The van der Waals surface area contributed by atoms with Crippen LogP contribution in [0.2, 0.25) is 10.0 Å². The maximum absolute atomic E-state index is 12.6. The molecule has 0 bridgehead atoms. The molecule has 0 unspecified atom stereocenters. The van der Waals surface area contributed by atoms with Crippen molar-refractivity contribution >= 4 is 52.2 Å². The fourth-order valence-corrected chi connectivity index (χ4v) is 3.89. The fraction of sp³-hybridized carbons (Fsp3) is 0.111. The number of hydrogen-bond donors (Lipinski definition) is 0. The van der Waals surface area contributed by atoms with E-state index in [-0.39, 0.29) is 24.5 Å². The topological polar surface area (TPSA) is 55.8 Å². The molecule has 8 heteroatoms. The summed E-state index contributed by atoms with van der Waals surface area (Å²) < 4.78 is 10.6. The highest BCUT2D eigenvalue weighted by Crippen LogP contribution is 2.39. The van der Waals surface area contributed by atoms with Gasteiger partial charge in [0.2, 0.25) is 6.79 Å². The Bertz CT molecular complexity index is 960. The molecule has 1 fully saturated rings. The summed E-state index contributed by atoms with van der Waals surface area (Å²) in [5.74, 6) is 0.730. The third-order valence-corrected chi connectivity index (χ3v) is 5.38. The van der Waals surface area contributed by atoms with Crippen LogP contribution in [0, 0.1) is 0 Å². The number of carbonyl (C=O) groups is 2. The van der Waals surface area contributed by atoms with Gasteiger partial charge in [0.05, 0.1) is 11.4 Å². The Labute approximate surface area is 163 Å². The number of fused-ring (bicyclic) bond motifs is 1. The molecule has 2 aromatic rings. The van der Waals surface area contributed by atoms with Crippen LogP contribution in [-0.2, 0) is 11.3 Å². The lowest BCUT2D eigenvalue weighted by Crippen LogP contribution is -2.27. The Morgan fingerprint density at radius 3 is 2.65 bits per heavy atom. The van der Waals surface area contributed by atoms with Gasteiger partial charge in [-0.3, -0.25) is 14.5 Å². The smallest absolute Gasteiger partial charge is 0.293 e. The number of ether oxygens (including phenoxy) is 2. The van der Waals surface area contributed by atoms with E-state index in [2.05, 4.69) is 0 Å². The Kier molecular flexibility index (Phi) is 4.56. The summed E-state index contributed by atoms with van der Waals surface area (Å²) in [5.41, 5.74) is 1.37. The number of thioether (sulfide) groups is 1. The van der Waals surface area contributed by atoms with E-state index in [0.29, 0.717) is 32.0 Å². The number of rotatable bonds is 3. The van der Waals surface area contributed by atoms with Gasteiger partial charge in [0.1, 0.15) is 0 Å². The maximum atomic E-state index is 12.6. The molecule has 4 rings (SSSR count). The zero-order valence-corrected chi connectivity index (χ0v) is 15.5. The zero-order chi connectivity index (χ0) is 18.3. The van der Waals surface area contributed by atoms with Gasteiger partial charge >= 0.3 is 0 Å². The lowest BCUT2D eigenvalue weighted by molar-refractivity contribution is -0.123. The van der Waals surface area contributed by atoms with Gasteiger partial charge in [-0.2, -0.15) is 0 Å². The minimum atomic E-state index is -0.367. The van der Waals surface area contributed by atoms with Crippen molar-refractivity contribution in [2.75, 3.05) is 6.79 Å². The quantitative estimate of drug-likeness (QED) is 0.672. The highest BCUT2D eigenvalue weighted by Gasteiger charge is 2.35. The average Bonchev–Trinajstić information content (AvgIpc) is 3.14. The summed E-state index contributed by atoms with van der Waals surface area (Å²) in [6, 6.07) is 10.4. The standard InChI is InChI=1S/C18H11Cl2NO4S/c19-12-3-1-2-10(4-12)5-16-17(22)21(18(23)26-16)8-11-6-14-15(7-13(11)20)25-9-24-14/h1-7H,8-9H2/b16-5-. The van der Waals surface area contributed by atoms with Gasteiger partial charge in [0.25, 0.3) is 11.1 Å². The molecule has 26 heavy (non-hydrogen) atoms. The molecule has 2 amide bonds. The van der Waals surface area contributed by atoms with Gasteiger partial charge in [-0.1, -0.05) is 35.3 Å². The Morgan fingerprint density at radius 2 is 1.88 bits per heavy atom. The van der Waals surface area contributed by atoms with E-state index in [1.165, 1.54) is 0 Å². The van der Waals surface area contributed by atoms with E-state index in [9.17, 15) is 9.59 Å². The molecule has 2 aliphatic heterocycles. The number of imide groups is 1. The van der Waals surface area contributed by atoms with Gasteiger partial charge in [-0.15, -0.1) is 0 Å². The molecule has 0 atom stereocenters. The van der Waals surface area contributed by atoms with Crippen LogP contribution >= 0.6 is 35.0 Å². The summed E-state index contributed by atoms with van der Waals surface area (Å²) in [6.07, 6.45) is 1.65. The number of amides is 2. The molecule has 1 saturated heterocycles. The second-order valence-electron chi connectivity index (χ2n) is 5.62.